The van der Waals surface area contributed by atoms with Crippen molar-refractivity contribution in [1.29, 1.82) is 0 Å². The number of imidazole rings is 1. The number of nitrogens with one attached hydrogen (secondary N) is 2. The molecule has 52 heavy (non-hydrogen) atoms. The SMILES string of the molecule is CCCCCCCCCCCCCCCC(=O)Nc1nc2ncn([C@H]3C[C@@H](OC(=O)c4ccccc4)[C@H](COC(=O)c4ccccc4)O3)c2c(=O)[nH]1. The average molecular weight is 714 g/mol. The van der Waals surface area contributed by atoms with Gasteiger partial charge in [-0.05, 0) is 30.7 Å². The van der Waals surface area contributed by atoms with Gasteiger partial charge in [-0.1, -0.05) is 120 Å². The number of anilines is 1. The van der Waals surface area contributed by atoms with Crippen molar-refractivity contribution in [2.24, 2.45) is 0 Å². The first-order chi connectivity index (χ1) is 25.4. The molecule has 2 aromatic heterocycles. The number of benzene rings is 2. The summed E-state index contributed by atoms with van der Waals surface area (Å²) in [6.07, 6.45) is 15.4. The van der Waals surface area contributed by atoms with Crippen LogP contribution in [-0.2, 0) is 19.0 Å². The van der Waals surface area contributed by atoms with Crippen LogP contribution in [-0.4, -0.2) is 56.2 Å². The number of H-pyrrole nitrogens is 1. The largest absolute Gasteiger partial charge is 0.459 e. The van der Waals surface area contributed by atoms with Crippen molar-refractivity contribution in [3.63, 3.8) is 0 Å². The molecular weight excluding hydrogens is 662 g/mol. The lowest BCUT2D eigenvalue weighted by atomic mass is 10.0. The van der Waals surface area contributed by atoms with Crippen molar-refractivity contribution in [2.75, 3.05) is 11.9 Å². The van der Waals surface area contributed by atoms with Crippen molar-refractivity contribution < 1.29 is 28.6 Å². The maximum atomic E-state index is 13.3. The van der Waals surface area contributed by atoms with Crippen LogP contribution in [0.1, 0.15) is 130 Å². The zero-order chi connectivity index (χ0) is 36.5. The Hall–Kier alpha value is -4.84. The fourth-order valence-electron chi connectivity index (χ4n) is 6.47. The van der Waals surface area contributed by atoms with Crippen molar-refractivity contribution >= 4 is 35.0 Å². The van der Waals surface area contributed by atoms with E-state index in [1.54, 1.807) is 60.7 Å². The van der Waals surface area contributed by atoms with Gasteiger partial charge in [-0.25, -0.2) is 14.6 Å². The second kappa shape index (κ2) is 20.3. The van der Waals surface area contributed by atoms with Crippen LogP contribution in [0.4, 0.5) is 5.95 Å². The summed E-state index contributed by atoms with van der Waals surface area (Å²) in [5.74, 6) is -1.29. The van der Waals surface area contributed by atoms with Gasteiger partial charge < -0.3 is 14.2 Å². The Bertz CT molecular complexity index is 1780. The normalized spacial score (nSPS) is 16.9. The number of aromatic amines is 1. The van der Waals surface area contributed by atoms with E-state index < -0.39 is 35.9 Å². The number of fused-ring (bicyclic) bond motifs is 1. The van der Waals surface area contributed by atoms with E-state index >= 15 is 0 Å². The molecule has 12 nitrogen and oxygen atoms in total. The second-order valence-electron chi connectivity index (χ2n) is 13.4. The monoisotopic (exact) mass is 713 g/mol. The average Bonchev–Trinajstić information content (AvgIpc) is 3.77. The molecule has 1 saturated heterocycles. The van der Waals surface area contributed by atoms with Gasteiger partial charge in [0.15, 0.2) is 11.2 Å². The molecule has 2 aromatic carbocycles. The molecule has 2 N–H and O–H groups in total. The van der Waals surface area contributed by atoms with E-state index in [-0.39, 0.29) is 36.0 Å². The maximum Gasteiger partial charge on any atom is 0.338 e. The van der Waals surface area contributed by atoms with Gasteiger partial charge >= 0.3 is 11.9 Å². The highest BCUT2D eigenvalue weighted by molar-refractivity contribution is 5.90. The van der Waals surface area contributed by atoms with Gasteiger partial charge in [0.25, 0.3) is 5.56 Å². The number of esters is 2. The summed E-state index contributed by atoms with van der Waals surface area (Å²) < 4.78 is 19.1. The van der Waals surface area contributed by atoms with Gasteiger partial charge in [0.2, 0.25) is 11.9 Å². The Morgan fingerprint density at radius 2 is 1.40 bits per heavy atom. The van der Waals surface area contributed by atoms with E-state index in [1.165, 1.54) is 75.1 Å². The number of amides is 1. The van der Waals surface area contributed by atoms with Gasteiger partial charge in [0.05, 0.1) is 17.5 Å². The molecule has 0 saturated carbocycles. The molecule has 1 amide bonds. The summed E-state index contributed by atoms with van der Waals surface area (Å²) in [7, 11) is 0. The van der Waals surface area contributed by atoms with Crippen LogP contribution in [0.25, 0.3) is 11.2 Å². The first-order valence-corrected chi connectivity index (χ1v) is 18.8. The van der Waals surface area contributed by atoms with Crippen LogP contribution < -0.4 is 10.9 Å². The van der Waals surface area contributed by atoms with Gasteiger partial charge in [0.1, 0.15) is 25.0 Å². The van der Waals surface area contributed by atoms with Crippen molar-refractivity contribution in [1.82, 2.24) is 19.5 Å². The lowest BCUT2D eigenvalue weighted by molar-refractivity contribution is -0.116. The number of unbranched alkanes of at least 4 members (excludes halogenated alkanes) is 12. The van der Waals surface area contributed by atoms with E-state index in [0.29, 0.717) is 17.5 Å². The Labute approximate surface area is 304 Å². The minimum Gasteiger partial charge on any atom is -0.459 e. The molecular formula is C40H51N5O7. The van der Waals surface area contributed by atoms with Crippen LogP contribution in [0.3, 0.4) is 0 Å². The lowest BCUT2D eigenvalue weighted by Gasteiger charge is -2.19. The predicted molar refractivity (Wildman–Crippen MR) is 198 cm³/mol. The molecule has 5 rings (SSSR count). The molecule has 278 valence electrons. The minimum atomic E-state index is -0.821. The lowest BCUT2D eigenvalue weighted by Crippen LogP contribution is -2.32. The van der Waals surface area contributed by atoms with E-state index in [0.717, 1.165) is 19.3 Å². The molecule has 0 spiro atoms. The number of aromatic nitrogens is 4. The molecule has 0 unspecified atom stereocenters. The fourth-order valence-corrected chi connectivity index (χ4v) is 6.47. The Morgan fingerprint density at radius 3 is 2.02 bits per heavy atom. The van der Waals surface area contributed by atoms with Crippen LogP contribution in [0.15, 0.2) is 71.8 Å². The van der Waals surface area contributed by atoms with Gasteiger partial charge in [-0.2, -0.15) is 4.98 Å². The Morgan fingerprint density at radius 1 is 0.827 bits per heavy atom. The smallest absolute Gasteiger partial charge is 0.338 e. The van der Waals surface area contributed by atoms with E-state index in [4.69, 9.17) is 14.2 Å². The fraction of sp³-hybridized carbons (Fsp3) is 0.500. The molecule has 1 aliphatic rings. The zero-order valence-corrected chi connectivity index (χ0v) is 30.1. The number of rotatable bonds is 21. The molecule has 4 aromatic rings. The molecule has 1 aliphatic heterocycles. The molecule has 3 atom stereocenters. The highest BCUT2D eigenvalue weighted by Gasteiger charge is 2.41. The van der Waals surface area contributed by atoms with Crippen LogP contribution >= 0.6 is 0 Å². The Balaban J connectivity index is 1.12. The molecule has 0 bridgehead atoms. The van der Waals surface area contributed by atoms with Crippen LogP contribution in [0.5, 0.6) is 0 Å². The number of ether oxygens (including phenoxy) is 3. The molecule has 12 heteroatoms. The van der Waals surface area contributed by atoms with E-state index in [1.807, 2.05) is 0 Å². The summed E-state index contributed by atoms with van der Waals surface area (Å²) in [6, 6.07) is 17.1. The van der Waals surface area contributed by atoms with E-state index in [2.05, 4.69) is 27.2 Å². The molecule has 1 fully saturated rings. The predicted octanol–water partition coefficient (Wildman–Crippen LogP) is 7.91. The van der Waals surface area contributed by atoms with Crippen molar-refractivity contribution in [3.05, 3.63) is 88.5 Å². The third-order valence-corrected chi connectivity index (χ3v) is 9.35. The number of nitrogens with zero attached hydrogens (tertiary/aromatic N) is 3. The third-order valence-electron chi connectivity index (χ3n) is 9.35. The maximum absolute atomic E-state index is 13.3. The summed E-state index contributed by atoms with van der Waals surface area (Å²) in [6.45, 7) is 2.06. The highest BCUT2D eigenvalue weighted by atomic mass is 16.6. The topological polar surface area (TPSA) is 155 Å². The summed E-state index contributed by atoms with van der Waals surface area (Å²) >= 11 is 0. The zero-order valence-electron chi connectivity index (χ0n) is 30.1. The minimum absolute atomic E-state index is 0.0233. The number of hydrogen-bond donors (Lipinski definition) is 2. The van der Waals surface area contributed by atoms with Crippen molar-refractivity contribution in [2.45, 2.75) is 122 Å². The quantitative estimate of drug-likeness (QED) is 0.0648. The highest BCUT2D eigenvalue weighted by Crippen LogP contribution is 2.33. The van der Waals surface area contributed by atoms with Gasteiger partial charge in [0, 0.05) is 12.8 Å². The number of hydrogen-bond acceptors (Lipinski definition) is 9. The van der Waals surface area contributed by atoms with Gasteiger partial charge in [-0.15, -0.1) is 0 Å². The third kappa shape index (κ3) is 11.3. The standard InChI is InChI=1S/C40H51N5O7/c1-2-3-4-5-6-7-8-9-10-11-12-13-20-25-33(46)42-40-43-36-35(37(47)44-40)45(28-41-36)34-26-31(52-39(49)30-23-18-15-19-24-30)32(51-34)27-50-38(48)29-21-16-14-17-22-29/h14-19,21-24,28,31-32,34H,2-13,20,25-27H2,1H3,(H2,42,43,44,46,47)/t31-,32+,34-/m1/s1. The number of carbonyl (C=O) groups is 3. The first-order valence-electron chi connectivity index (χ1n) is 18.8. The molecule has 0 radical (unpaired) electrons. The second-order valence-corrected chi connectivity index (χ2v) is 13.4. The van der Waals surface area contributed by atoms with E-state index in [9.17, 15) is 19.2 Å². The van der Waals surface area contributed by atoms with Gasteiger partial charge in [-0.3, -0.25) is 24.5 Å². The summed E-state index contributed by atoms with van der Waals surface area (Å²) in [5.41, 5.74) is 0.484. The number of carbonyl (C=O) groups excluding carboxylic acids is 3. The molecule has 3 heterocycles. The van der Waals surface area contributed by atoms with Crippen LogP contribution in [0, 0.1) is 0 Å². The van der Waals surface area contributed by atoms with Crippen molar-refractivity contribution in [3.8, 4) is 0 Å². The summed E-state index contributed by atoms with van der Waals surface area (Å²) in [4.78, 5) is 62.9. The molecule has 0 aliphatic carbocycles. The summed E-state index contributed by atoms with van der Waals surface area (Å²) in [5, 5.41) is 2.70. The Kier molecular flexibility index (Phi) is 15.0. The van der Waals surface area contributed by atoms with Crippen LogP contribution in [0.2, 0.25) is 0 Å². The first kappa shape index (κ1) is 38.4.